The van der Waals surface area contributed by atoms with E-state index in [0.717, 1.165) is 16.7 Å². The van der Waals surface area contributed by atoms with Crippen LogP contribution >= 0.6 is 11.8 Å². The molecule has 0 radical (unpaired) electrons. The van der Waals surface area contributed by atoms with Crippen LogP contribution in [-0.2, 0) is 15.0 Å². The third kappa shape index (κ3) is 5.22. The highest BCUT2D eigenvalue weighted by atomic mass is 32.2. The van der Waals surface area contributed by atoms with Crippen LogP contribution in [0, 0.1) is 0 Å². The maximum absolute atomic E-state index is 12.1. The molecule has 0 spiro atoms. The van der Waals surface area contributed by atoms with Crippen LogP contribution in [0.3, 0.4) is 0 Å². The molecule has 25 heavy (non-hydrogen) atoms. The van der Waals surface area contributed by atoms with Gasteiger partial charge >= 0.3 is 0 Å². The summed E-state index contributed by atoms with van der Waals surface area (Å²) in [5.41, 5.74) is 1.25. The topological polar surface area (TPSA) is 75.7 Å². The van der Waals surface area contributed by atoms with E-state index in [1.807, 2.05) is 24.3 Å². The number of rotatable bonds is 6. The van der Waals surface area contributed by atoms with E-state index < -0.39 is 6.10 Å². The Morgan fingerprint density at radius 2 is 1.92 bits per heavy atom. The summed E-state index contributed by atoms with van der Waals surface area (Å²) in [6, 6.07) is 7.68. The lowest BCUT2D eigenvalue weighted by atomic mass is 9.87. The van der Waals surface area contributed by atoms with Crippen molar-refractivity contribution in [2.45, 2.75) is 39.2 Å². The van der Waals surface area contributed by atoms with Crippen molar-refractivity contribution in [2.75, 3.05) is 18.8 Å². The second-order valence-electron chi connectivity index (χ2n) is 6.93. The van der Waals surface area contributed by atoms with Crippen molar-refractivity contribution in [1.82, 2.24) is 10.2 Å². The summed E-state index contributed by atoms with van der Waals surface area (Å²) in [7, 11) is 0. The summed E-state index contributed by atoms with van der Waals surface area (Å²) in [6.07, 6.45) is -0.667. The molecule has 1 aliphatic heterocycles. The fourth-order valence-electron chi connectivity index (χ4n) is 2.32. The van der Waals surface area contributed by atoms with Gasteiger partial charge in [-0.15, -0.1) is 0 Å². The van der Waals surface area contributed by atoms with Crippen molar-refractivity contribution in [3.8, 4) is 5.75 Å². The molecular weight excluding hydrogens is 340 g/mol. The third-order valence-electron chi connectivity index (χ3n) is 3.88. The summed E-state index contributed by atoms with van der Waals surface area (Å²) in [5, 5.41) is 2.43. The Morgan fingerprint density at radius 1 is 1.28 bits per heavy atom. The van der Waals surface area contributed by atoms with Crippen LogP contribution in [0.2, 0.25) is 0 Å². The monoisotopic (exact) mass is 364 g/mol. The summed E-state index contributed by atoms with van der Waals surface area (Å²) in [4.78, 5) is 36.2. The van der Waals surface area contributed by atoms with E-state index in [4.69, 9.17) is 4.74 Å². The van der Waals surface area contributed by atoms with Gasteiger partial charge in [0.25, 0.3) is 11.1 Å². The number of hydrogen-bond acceptors (Lipinski definition) is 5. The number of carbonyl (C=O) groups excluding carboxylic acids is 3. The normalized spacial score (nSPS) is 16.1. The second kappa shape index (κ2) is 7.91. The van der Waals surface area contributed by atoms with Gasteiger partial charge in [0.05, 0.1) is 5.75 Å². The fourth-order valence-corrected chi connectivity index (χ4v) is 3.07. The first-order chi connectivity index (χ1) is 11.7. The minimum atomic E-state index is -0.667. The molecule has 1 saturated heterocycles. The molecule has 0 saturated carbocycles. The van der Waals surface area contributed by atoms with Crippen LogP contribution in [0.25, 0.3) is 0 Å². The Morgan fingerprint density at radius 3 is 2.44 bits per heavy atom. The Labute approximate surface area is 152 Å². The number of imide groups is 1. The number of ether oxygens (including phenoxy) is 1. The number of amides is 3. The summed E-state index contributed by atoms with van der Waals surface area (Å²) >= 11 is 0.983. The van der Waals surface area contributed by atoms with Gasteiger partial charge in [-0.3, -0.25) is 19.3 Å². The Bertz CT molecular complexity index is 636. The molecule has 7 heteroatoms. The number of carbonyl (C=O) groups is 3. The standard InChI is InChI=1S/C18H24N2O4S/c1-12(24-14-7-5-13(6-8-14)18(2,3)4)16(22)19-9-10-20-15(21)11-25-17(20)23/h5-8,12H,9-11H2,1-4H3,(H,19,22). The highest BCUT2D eigenvalue weighted by Crippen LogP contribution is 2.24. The maximum atomic E-state index is 12.1. The molecule has 1 unspecified atom stereocenters. The van der Waals surface area contributed by atoms with Crippen molar-refractivity contribution >= 4 is 28.8 Å². The van der Waals surface area contributed by atoms with Crippen LogP contribution in [0.5, 0.6) is 5.75 Å². The first kappa shape index (κ1) is 19.3. The van der Waals surface area contributed by atoms with E-state index in [2.05, 4.69) is 26.1 Å². The zero-order valence-corrected chi connectivity index (χ0v) is 15.8. The van der Waals surface area contributed by atoms with Gasteiger partial charge in [-0.25, -0.2) is 0 Å². The summed E-state index contributed by atoms with van der Waals surface area (Å²) < 4.78 is 5.64. The number of benzene rings is 1. The van der Waals surface area contributed by atoms with Crippen molar-refractivity contribution in [3.63, 3.8) is 0 Å². The predicted octanol–water partition coefficient (Wildman–Crippen LogP) is 2.56. The Hall–Kier alpha value is -2.02. The quantitative estimate of drug-likeness (QED) is 0.840. The van der Waals surface area contributed by atoms with Crippen molar-refractivity contribution in [3.05, 3.63) is 29.8 Å². The number of thioether (sulfide) groups is 1. The Balaban J connectivity index is 1.80. The van der Waals surface area contributed by atoms with E-state index in [1.54, 1.807) is 6.92 Å². The summed E-state index contributed by atoms with van der Waals surface area (Å²) in [5.74, 6) is 0.299. The first-order valence-electron chi connectivity index (χ1n) is 8.20. The van der Waals surface area contributed by atoms with Gasteiger partial charge in [0.1, 0.15) is 5.75 Å². The van der Waals surface area contributed by atoms with Gasteiger partial charge in [-0.1, -0.05) is 44.7 Å². The van der Waals surface area contributed by atoms with E-state index >= 15 is 0 Å². The van der Waals surface area contributed by atoms with Gasteiger partial charge < -0.3 is 10.1 Å². The lowest BCUT2D eigenvalue weighted by molar-refractivity contribution is -0.128. The second-order valence-corrected chi connectivity index (χ2v) is 7.85. The highest BCUT2D eigenvalue weighted by molar-refractivity contribution is 8.14. The van der Waals surface area contributed by atoms with Gasteiger partial charge in [-0.2, -0.15) is 0 Å². The molecule has 1 aromatic rings. The fraction of sp³-hybridized carbons (Fsp3) is 0.500. The summed E-state index contributed by atoms with van der Waals surface area (Å²) in [6.45, 7) is 8.46. The molecule has 3 amide bonds. The van der Waals surface area contributed by atoms with Crippen molar-refractivity contribution in [1.29, 1.82) is 0 Å². The van der Waals surface area contributed by atoms with Crippen LogP contribution in [-0.4, -0.2) is 46.9 Å². The van der Waals surface area contributed by atoms with Crippen molar-refractivity contribution in [2.24, 2.45) is 0 Å². The predicted molar refractivity (Wildman–Crippen MR) is 97.8 cm³/mol. The highest BCUT2D eigenvalue weighted by Gasteiger charge is 2.29. The largest absolute Gasteiger partial charge is 0.481 e. The third-order valence-corrected chi connectivity index (χ3v) is 4.74. The smallest absolute Gasteiger partial charge is 0.288 e. The van der Waals surface area contributed by atoms with Gasteiger partial charge in [0.15, 0.2) is 6.10 Å². The van der Waals surface area contributed by atoms with E-state index in [1.165, 1.54) is 5.56 Å². The molecule has 6 nitrogen and oxygen atoms in total. The Kier molecular flexibility index (Phi) is 6.11. The van der Waals surface area contributed by atoms with Crippen LogP contribution < -0.4 is 10.1 Å². The van der Waals surface area contributed by atoms with Crippen LogP contribution in [0.4, 0.5) is 4.79 Å². The number of hydrogen-bond donors (Lipinski definition) is 1. The number of nitrogens with zero attached hydrogens (tertiary/aromatic N) is 1. The minimum Gasteiger partial charge on any atom is -0.481 e. The molecule has 1 aromatic carbocycles. The molecule has 0 aliphatic carbocycles. The van der Waals surface area contributed by atoms with E-state index in [9.17, 15) is 14.4 Å². The SMILES string of the molecule is CC(Oc1ccc(C(C)(C)C)cc1)C(=O)NCCN1C(=O)CSC1=O. The molecule has 136 valence electrons. The van der Waals surface area contributed by atoms with E-state index in [0.29, 0.717) is 5.75 Å². The van der Waals surface area contributed by atoms with Crippen LogP contribution in [0.1, 0.15) is 33.3 Å². The maximum Gasteiger partial charge on any atom is 0.288 e. The number of nitrogens with one attached hydrogen (secondary N) is 1. The zero-order chi connectivity index (χ0) is 18.6. The molecule has 1 atom stereocenters. The molecule has 1 heterocycles. The average Bonchev–Trinajstić information content (AvgIpc) is 2.86. The molecule has 1 fully saturated rings. The van der Waals surface area contributed by atoms with Crippen molar-refractivity contribution < 1.29 is 19.1 Å². The van der Waals surface area contributed by atoms with Gasteiger partial charge in [0, 0.05) is 13.1 Å². The molecule has 2 rings (SSSR count). The van der Waals surface area contributed by atoms with Crippen LogP contribution in [0.15, 0.2) is 24.3 Å². The van der Waals surface area contributed by atoms with Gasteiger partial charge in [0.2, 0.25) is 5.91 Å². The molecule has 1 aliphatic rings. The zero-order valence-electron chi connectivity index (χ0n) is 15.0. The minimum absolute atomic E-state index is 0.0598. The molecule has 1 N–H and O–H groups in total. The van der Waals surface area contributed by atoms with E-state index in [-0.39, 0.29) is 41.3 Å². The lowest BCUT2D eigenvalue weighted by Gasteiger charge is -2.20. The average molecular weight is 364 g/mol. The van der Waals surface area contributed by atoms with Gasteiger partial charge in [-0.05, 0) is 30.0 Å². The first-order valence-corrected chi connectivity index (χ1v) is 9.19. The molecule has 0 aromatic heterocycles. The molecular formula is C18H24N2O4S. The molecule has 0 bridgehead atoms. The lowest BCUT2D eigenvalue weighted by Crippen LogP contribution is -2.42.